The van der Waals surface area contributed by atoms with Crippen molar-refractivity contribution in [1.29, 1.82) is 0 Å². The molecule has 120 valence electrons. The van der Waals surface area contributed by atoms with Gasteiger partial charge < -0.3 is 0 Å². The second-order valence-electron chi connectivity index (χ2n) is 4.77. The summed E-state index contributed by atoms with van der Waals surface area (Å²) >= 11 is 0. The van der Waals surface area contributed by atoms with Gasteiger partial charge in [-0.3, -0.25) is 0 Å². The standard InChI is InChI=1S/C12H18.C6H15P.Ni/c1-2-4-6-8-10-12-11-9-7-5-3-1;1-4-7(5-2)6-3;/h1-2,7-10H,3-6,11-12H2;4-6H2,1-3H3;/b2-1-,9-7-,10-8?;;. The fourth-order valence-electron chi connectivity index (χ4n) is 1.96. The molecular formula is C18H33NiP. The summed E-state index contributed by atoms with van der Waals surface area (Å²) in [5.74, 6) is 0. The molecule has 0 nitrogen and oxygen atoms in total. The Hall–Kier alpha value is 0.144. The van der Waals surface area contributed by atoms with Gasteiger partial charge in [-0.05, 0) is 57.0 Å². The van der Waals surface area contributed by atoms with E-state index in [0.29, 0.717) is 7.92 Å². The van der Waals surface area contributed by atoms with Crippen LogP contribution in [0.15, 0.2) is 36.5 Å². The van der Waals surface area contributed by atoms with Gasteiger partial charge in [-0.2, -0.15) is 0 Å². The molecule has 0 aromatic carbocycles. The normalized spacial score (nSPS) is 18.8. The summed E-state index contributed by atoms with van der Waals surface area (Å²) < 4.78 is 0. The van der Waals surface area contributed by atoms with Crippen molar-refractivity contribution in [2.24, 2.45) is 0 Å². The maximum atomic E-state index is 2.29. The van der Waals surface area contributed by atoms with Gasteiger partial charge in [0.2, 0.25) is 0 Å². The number of hydrogen-bond donors (Lipinski definition) is 0. The van der Waals surface area contributed by atoms with Crippen LogP contribution in [0.3, 0.4) is 0 Å². The zero-order valence-corrected chi connectivity index (χ0v) is 15.5. The van der Waals surface area contributed by atoms with Gasteiger partial charge in [-0.15, -0.1) is 7.92 Å². The maximum Gasteiger partial charge on any atom is 0 e. The van der Waals surface area contributed by atoms with Crippen molar-refractivity contribution >= 4 is 7.92 Å². The van der Waals surface area contributed by atoms with Crippen LogP contribution in [-0.4, -0.2) is 18.5 Å². The maximum absolute atomic E-state index is 2.29. The minimum atomic E-state index is 0. The van der Waals surface area contributed by atoms with Gasteiger partial charge in [0, 0.05) is 16.5 Å². The zero-order chi connectivity index (χ0) is 14.2. The predicted octanol–water partition coefficient (Wildman–Crippen LogP) is 6.53. The van der Waals surface area contributed by atoms with Gasteiger partial charge in [0.15, 0.2) is 0 Å². The minimum absolute atomic E-state index is 0. The summed E-state index contributed by atoms with van der Waals surface area (Å²) in [4.78, 5) is 0. The molecule has 0 radical (unpaired) electrons. The third kappa shape index (κ3) is 16.2. The van der Waals surface area contributed by atoms with Crippen LogP contribution in [0.4, 0.5) is 0 Å². The quantitative estimate of drug-likeness (QED) is 0.311. The summed E-state index contributed by atoms with van der Waals surface area (Å²) in [5, 5.41) is 0. The Kier molecular flexibility index (Phi) is 21.5. The van der Waals surface area contributed by atoms with E-state index in [1.165, 1.54) is 57.0 Å². The van der Waals surface area contributed by atoms with Crippen LogP contribution in [0, 0.1) is 0 Å². The van der Waals surface area contributed by atoms with Crippen LogP contribution in [-0.2, 0) is 16.5 Å². The molecule has 0 fully saturated rings. The fourth-order valence-corrected chi connectivity index (χ4v) is 3.30. The van der Waals surface area contributed by atoms with Gasteiger partial charge in [-0.25, -0.2) is 0 Å². The first-order valence-corrected chi connectivity index (χ1v) is 9.92. The molecule has 0 saturated heterocycles. The second kappa shape index (κ2) is 19.1. The summed E-state index contributed by atoms with van der Waals surface area (Å²) in [7, 11) is 0.446. The second-order valence-corrected chi connectivity index (χ2v) is 8.00. The largest absolute Gasteiger partial charge is 0.108 e. The van der Waals surface area contributed by atoms with Gasteiger partial charge in [-0.1, -0.05) is 57.2 Å². The molecule has 0 unspecified atom stereocenters. The van der Waals surface area contributed by atoms with E-state index in [2.05, 4.69) is 57.2 Å². The molecule has 0 atom stereocenters. The van der Waals surface area contributed by atoms with Crippen LogP contribution in [0.1, 0.15) is 59.3 Å². The smallest absolute Gasteiger partial charge is 0 e. The molecule has 0 saturated carbocycles. The first-order valence-electron chi connectivity index (χ1n) is 8.02. The number of hydrogen-bond acceptors (Lipinski definition) is 0. The molecule has 0 spiro atoms. The molecule has 0 bridgehead atoms. The Balaban J connectivity index is 0. The molecule has 20 heavy (non-hydrogen) atoms. The van der Waals surface area contributed by atoms with Crippen LogP contribution in [0.25, 0.3) is 0 Å². The molecule has 0 aliphatic heterocycles. The Morgan fingerprint density at radius 1 is 0.550 bits per heavy atom. The van der Waals surface area contributed by atoms with Gasteiger partial charge in [0.25, 0.3) is 0 Å². The number of allylic oxidation sites excluding steroid dienone is 6. The molecule has 0 aromatic heterocycles. The van der Waals surface area contributed by atoms with Crippen molar-refractivity contribution in [3.63, 3.8) is 0 Å². The topological polar surface area (TPSA) is 0 Å². The molecule has 1 aliphatic rings. The summed E-state index contributed by atoms with van der Waals surface area (Å²) in [5.41, 5.74) is 0. The molecule has 1 rings (SSSR count). The van der Waals surface area contributed by atoms with E-state index in [1.54, 1.807) is 0 Å². The first kappa shape index (κ1) is 22.4. The molecule has 2 heteroatoms. The fraction of sp³-hybridized carbons (Fsp3) is 0.667. The van der Waals surface area contributed by atoms with Crippen molar-refractivity contribution in [2.75, 3.05) is 18.5 Å². The molecule has 0 heterocycles. The molecule has 1 aliphatic carbocycles. The average molecular weight is 339 g/mol. The first-order chi connectivity index (χ1) is 9.35. The number of rotatable bonds is 3. The van der Waals surface area contributed by atoms with Crippen LogP contribution < -0.4 is 0 Å². The Bertz CT molecular complexity index is 195. The van der Waals surface area contributed by atoms with Gasteiger partial charge in [0.05, 0.1) is 0 Å². The van der Waals surface area contributed by atoms with E-state index in [9.17, 15) is 0 Å². The van der Waals surface area contributed by atoms with Crippen molar-refractivity contribution in [2.45, 2.75) is 59.3 Å². The average Bonchev–Trinajstić information content (AvgIpc) is 2.42. The third-order valence-electron chi connectivity index (χ3n) is 3.34. The molecular weight excluding hydrogens is 306 g/mol. The predicted molar refractivity (Wildman–Crippen MR) is 93.7 cm³/mol. The molecule has 0 amide bonds. The van der Waals surface area contributed by atoms with Crippen molar-refractivity contribution in [1.82, 2.24) is 0 Å². The molecule has 0 aromatic rings. The van der Waals surface area contributed by atoms with Crippen LogP contribution >= 0.6 is 7.92 Å². The third-order valence-corrected chi connectivity index (χ3v) is 6.02. The Morgan fingerprint density at radius 3 is 0.850 bits per heavy atom. The van der Waals surface area contributed by atoms with E-state index in [1.807, 2.05) is 0 Å². The zero-order valence-electron chi connectivity index (χ0n) is 13.6. The van der Waals surface area contributed by atoms with Crippen molar-refractivity contribution in [3.05, 3.63) is 36.5 Å². The van der Waals surface area contributed by atoms with Gasteiger partial charge >= 0.3 is 0 Å². The molecule has 0 N–H and O–H groups in total. The van der Waals surface area contributed by atoms with E-state index in [4.69, 9.17) is 0 Å². The summed E-state index contributed by atoms with van der Waals surface area (Å²) in [6, 6.07) is 0. The minimum Gasteiger partial charge on any atom is -0.108 e. The van der Waals surface area contributed by atoms with E-state index in [0.717, 1.165) is 0 Å². The monoisotopic (exact) mass is 338 g/mol. The van der Waals surface area contributed by atoms with E-state index < -0.39 is 0 Å². The van der Waals surface area contributed by atoms with E-state index in [-0.39, 0.29) is 16.5 Å². The van der Waals surface area contributed by atoms with Crippen LogP contribution in [0.2, 0.25) is 0 Å². The van der Waals surface area contributed by atoms with Crippen molar-refractivity contribution < 1.29 is 16.5 Å². The van der Waals surface area contributed by atoms with Crippen molar-refractivity contribution in [3.8, 4) is 0 Å². The SMILES string of the molecule is C1=CCC/C=C\CC/C=C\CC1.CCP(CC)CC.[Ni]. The van der Waals surface area contributed by atoms with Crippen LogP contribution in [0.5, 0.6) is 0 Å². The Morgan fingerprint density at radius 2 is 0.750 bits per heavy atom. The summed E-state index contributed by atoms with van der Waals surface area (Å²) in [6.07, 6.45) is 25.3. The van der Waals surface area contributed by atoms with E-state index >= 15 is 0 Å². The Labute approximate surface area is 138 Å². The van der Waals surface area contributed by atoms with Gasteiger partial charge in [0.1, 0.15) is 0 Å². The summed E-state index contributed by atoms with van der Waals surface area (Å²) in [6.45, 7) is 6.87.